The Labute approximate surface area is 168 Å². The van der Waals surface area contributed by atoms with Gasteiger partial charge in [0, 0.05) is 56.9 Å². The minimum absolute atomic E-state index is 0.102. The molecule has 3 aromatic heterocycles. The molecule has 0 unspecified atom stereocenters. The number of carbonyl (C=O) groups excluding carboxylic acids is 1. The number of hydrogen-bond acceptors (Lipinski definition) is 7. The van der Waals surface area contributed by atoms with Crippen molar-refractivity contribution in [3.05, 3.63) is 58.4 Å². The van der Waals surface area contributed by atoms with E-state index < -0.39 is 0 Å². The highest BCUT2D eigenvalue weighted by atomic mass is 32.1. The van der Waals surface area contributed by atoms with Crippen molar-refractivity contribution in [2.45, 2.75) is 19.9 Å². The quantitative estimate of drug-likeness (QED) is 0.677. The maximum absolute atomic E-state index is 12.7. The lowest BCUT2D eigenvalue weighted by molar-refractivity contribution is 0.0765. The first kappa shape index (κ1) is 18.6. The molecule has 0 N–H and O–H groups in total. The zero-order valence-electron chi connectivity index (χ0n) is 15.8. The minimum Gasteiger partial charge on any atom is -0.337 e. The van der Waals surface area contributed by atoms with Crippen LogP contribution in [0.2, 0.25) is 0 Å². The molecule has 144 valence electrons. The number of rotatable bonds is 4. The Bertz CT molecular complexity index is 927. The van der Waals surface area contributed by atoms with Gasteiger partial charge in [-0.1, -0.05) is 6.07 Å². The Morgan fingerprint density at radius 1 is 1.07 bits per heavy atom. The highest BCUT2D eigenvalue weighted by molar-refractivity contribution is 7.11. The minimum atomic E-state index is 0.102. The second kappa shape index (κ2) is 8.53. The third-order valence-corrected chi connectivity index (χ3v) is 5.74. The van der Waals surface area contributed by atoms with Gasteiger partial charge in [-0.15, -0.1) is 11.3 Å². The van der Waals surface area contributed by atoms with Crippen LogP contribution in [0.4, 0.5) is 0 Å². The van der Waals surface area contributed by atoms with E-state index in [0.717, 1.165) is 61.0 Å². The van der Waals surface area contributed by atoms with Crippen LogP contribution >= 0.6 is 11.3 Å². The number of pyridine rings is 1. The summed E-state index contributed by atoms with van der Waals surface area (Å²) < 4.78 is 0. The maximum atomic E-state index is 12.7. The standard InChI is InChI=1S/C20H22N6OS/c1-15-18(28-14-24-15)20(27)26-8-4-7-25(9-10-26)13-16-11-22-19(23-12-16)17-5-2-3-6-21-17/h2-3,5-6,11-12,14H,4,7-10,13H2,1H3. The van der Waals surface area contributed by atoms with E-state index in [0.29, 0.717) is 5.82 Å². The molecule has 28 heavy (non-hydrogen) atoms. The summed E-state index contributed by atoms with van der Waals surface area (Å²) in [5.74, 6) is 0.738. The topological polar surface area (TPSA) is 75.1 Å². The molecule has 1 amide bonds. The van der Waals surface area contributed by atoms with Crippen LogP contribution in [0.3, 0.4) is 0 Å². The highest BCUT2D eigenvalue weighted by Gasteiger charge is 2.23. The number of thiazole rings is 1. The maximum Gasteiger partial charge on any atom is 0.265 e. The van der Waals surface area contributed by atoms with Gasteiger partial charge in [-0.05, 0) is 25.5 Å². The predicted octanol–water partition coefficient (Wildman–Crippen LogP) is 2.65. The molecule has 0 aliphatic carbocycles. The van der Waals surface area contributed by atoms with Gasteiger partial charge >= 0.3 is 0 Å². The Hall–Kier alpha value is -2.71. The molecule has 8 heteroatoms. The lowest BCUT2D eigenvalue weighted by Gasteiger charge is -2.21. The second-order valence-electron chi connectivity index (χ2n) is 6.82. The van der Waals surface area contributed by atoms with E-state index >= 15 is 0 Å². The Morgan fingerprint density at radius 3 is 2.64 bits per heavy atom. The summed E-state index contributed by atoms with van der Waals surface area (Å²) >= 11 is 1.42. The molecule has 1 saturated heterocycles. The van der Waals surface area contributed by atoms with Crippen molar-refractivity contribution >= 4 is 17.2 Å². The van der Waals surface area contributed by atoms with Gasteiger partial charge in [0.25, 0.3) is 5.91 Å². The number of amides is 1. The van der Waals surface area contributed by atoms with Crippen LogP contribution in [-0.2, 0) is 6.54 Å². The van der Waals surface area contributed by atoms with E-state index in [1.165, 1.54) is 11.3 Å². The fourth-order valence-electron chi connectivity index (χ4n) is 3.30. The van der Waals surface area contributed by atoms with Gasteiger partial charge < -0.3 is 4.90 Å². The molecule has 0 saturated carbocycles. The molecule has 7 nitrogen and oxygen atoms in total. The normalized spacial score (nSPS) is 15.4. The summed E-state index contributed by atoms with van der Waals surface area (Å²) in [5, 5.41) is 0. The second-order valence-corrected chi connectivity index (χ2v) is 7.67. The van der Waals surface area contributed by atoms with Crippen LogP contribution in [0.15, 0.2) is 42.3 Å². The van der Waals surface area contributed by atoms with Crippen LogP contribution in [0.1, 0.15) is 27.3 Å². The predicted molar refractivity (Wildman–Crippen MR) is 108 cm³/mol. The molecule has 1 aliphatic rings. The van der Waals surface area contributed by atoms with Gasteiger partial charge in [0.15, 0.2) is 5.82 Å². The van der Waals surface area contributed by atoms with Gasteiger partial charge in [0.1, 0.15) is 10.6 Å². The third-order valence-electron chi connectivity index (χ3n) is 4.82. The summed E-state index contributed by atoms with van der Waals surface area (Å²) in [6.45, 7) is 5.97. The van der Waals surface area contributed by atoms with Crippen LogP contribution in [0.25, 0.3) is 11.5 Å². The summed E-state index contributed by atoms with van der Waals surface area (Å²) in [5.41, 5.74) is 4.40. The smallest absolute Gasteiger partial charge is 0.265 e. The zero-order valence-corrected chi connectivity index (χ0v) is 16.6. The van der Waals surface area contributed by atoms with Gasteiger partial charge in [-0.3, -0.25) is 14.7 Å². The summed E-state index contributed by atoms with van der Waals surface area (Å²) in [6, 6.07) is 5.71. The Balaban J connectivity index is 1.36. The Morgan fingerprint density at radius 2 is 1.93 bits per heavy atom. The van der Waals surface area contributed by atoms with Gasteiger partial charge in [0.05, 0.1) is 11.2 Å². The van der Waals surface area contributed by atoms with Gasteiger partial charge in [-0.2, -0.15) is 0 Å². The molecule has 1 fully saturated rings. The molecule has 4 rings (SSSR count). The lowest BCUT2D eigenvalue weighted by Crippen LogP contribution is -2.35. The van der Waals surface area contributed by atoms with Gasteiger partial charge in [-0.25, -0.2) is 15.0 Å². The molecule has 3 aromatic rings. The van der Waals surface area contributed by atoms with Crippen molar-refractivity contribution in [1.29, 1.82) is 0 Å². The lowest BCUT2D eigenvalue weighted by atomic mass is 10.3. The first-order valence-corrected chi connectivity index (χ1v) is 10.2. The third kappa shape index (κ3) is 4.23. The van der Waals surface area contributed by atoms with Crippen molar-refractivity contribution in [1.82, 2.24) is 29.7 Å². The average Bonchev–Trinajstić information content (AvgIpc) is 3.02. The molecular weight excluding hydrogens is 372 g/mol. The largest absolute Gasteiger partial charge is 0.337 e. The summed E-state index contributed by atoms with van der Waals surface area (Å²) in [7, 11) is 0. The average molecular weight is 395 g/mol. The van der Waals surface area contributed by atoms with Crippen molar-refractivity contribution < 1.29 is 4.79 Å². The van der Waals surface area contributed by atoms with E-state index in [4.69, 9.17) is 0 Å². The molecular formula is C20H22N6OS. The monoisotopic (exact) mass is 394 g/mol. The SMILES string of the molecule is Cc1ncsc1C(=O)N1CCCN(Cc2cnc(-c3ccccn3)nc2)CC1. The number of hydrogen-bond donors (Lipinski definition) is 0. The summed E-state index contributed by atoms with van der Waals surface area (Å²) in [6.07, 6.45) is 6.43. The van der Waals surface area contributed by atoms with E-state index in [1.807, 2.05) is 42.4 Å². The number of aryl methyl sites for hydroxylation is 1. The molecule has 4 heterocycles. The van der Waals surface area contributed by atoms with Crippen molar-refractivity contribution in [3.63, 3.8) is 0 Å². The molecule has 0 radical (unpaired) electrons. The van der Waals surface area contributed by atoms with Crippen molar-refractivity contribution in [2.75, 3.05) is 26.2 Å². The molecule has 0 aromatic carbocycles. The number of nitrogens with zero attached hydrogens (tertiary/aromatic N) is 6. The number of carbonyl (C=O) groups is 1. The number of aromatic nitrogens is 4. The van der Waals surface area contributed by atoms with E-state index in [9.17, 15) is 4.79 Å². The summed E-state index contributed by atoms with van der Waals surface area (Å²) in [4.78, 5) is 35.2. The molecule has 0 bridgehead atoms. The van der Waals surface area contributed by atoms with Gasteiger partial charge in [0.2, 0.25) is 0 Å². The van der Waals surface area contributed by atoms with Crippen LogP contribution in [-0.4, -0.2) is 61.8 Å². The Kier molecular flexibility index (Phi) is 5.68. The molecule has 0 atom stereocenters. The molecule has 1 aliphatic heterocycles. The van der Waals surface area contributed by atoms with Crippen molar-refractivity contribution in [3.8, 4) is 11.5 Å². The van der Waals surface area contributed by atoms with Crippen LogP contribution in [0.5, 0.6) is 0 Å². The van der Waals surface area contributed by atoms with E-state index in [2.05, 4.69) is 24.8 Å². The fourth-order valence-corrected chi connectivity index (χ4v) is 4.07. The van der Waals surface area contributed by atoms with Crippen molar-refractivity contribution in [2.24, 2.45) is 0 Å². The first-order chi connectivity index (χ1) is 13.7. The van der Waals surface area contributed by atoms with E-state index in [-0.39, 0.29) is 5.91 Å². The fraction of sp³-hybridized carbons (Fsp3) is 0.350. The highest BCUT2D eigenvalue weighted by Crippen LogP contribution is 2.17. The van der Waals surface area contributed by atoms with Crippen LogP contribution in [0, 0.1) is 6.92 Å². The first-order valence-electron chi connectivity index (χ1n) is 9.35. The zero-order chi connectivity index (χ0) is 19.3. The van der Waals surface area contributed by atoms with Crippen LogP contribution < -0.4 is 0 Å². The van der Waals surface area contributed by atoms with E-state index in [1.54, 1.807) is 11.7 Å². The molecule has 0 spiro atoms.